The maximum atomic E-state index is 4.51. The average Bonchev–Trinajstić information content (AvgIpc) is 2.80. The largest absolute Gasteiger partial charge is 0.357 e. The number of guanidine groups is 1. The molecule has 0 aliphatic carbocycles. The molecule has 0 bridgehead atoms. The molecule has 0 atom stereocenters. The second kappa shape index (κ2) is 8.06. The van der Waals surface area contributed by atoms with Crippen LogP contribution >= 0.6 is 11.3 Å². The van der Waals surface area contributed by atoms with Crippen LogP contribution in [-0.4, -0.2) is 24.0 Å². The summed E-state index contributed by atoms with van der Waals surface area (Å²) in [4.78, 5) is 9.00. The molecule has 1 aromatic heterocycles. The van der Waals surface area contributed by atoms with Gasteiger partial charge >= 0.3 is 0 Å². The van der Waals surface area contributed by atoms with Crippen LogP contribution in [0.1, 0.15) is 37.9 Å². The molecule has 4 nitrogen and oxygen atoms in total. The van der Waals surface area contributed by atoms with Crippen molar-refractivity contribution in [3.63, 3.8) is 0 Å². The number of aryl methyl sites for hydroxylation is 1. The number of rotatable bonds is 6. The van der Waals surface area contributed by atoms with E-state index in [-0.39, 0.29) is 0 Å². The molecule has 1 aromatic rings. The van der Waals surface area contributed by atoms with Crippen LogP contribution in [0.2, 0.25) is 0 Å². The molecule has 0 saturated carbocycles. The first-order valence-corrected chi connectivity index (χ1v) is 7.13. The molecular weight excluding hydrogens is 232 g/mol. The molecule has 17 heavy (non-hydrogen) atoms. The topological polar surface area (TPSA) is 49.3 Å². The minimum atomic E-state index is 0.648. The van der Waals surface area contributed by atoms with E-state index in [1.54, 1.807) is 11.3 Å². The molecule has 0 aliphatic rings. The lowest BCUT2D eigenvalue weighted by atomic mass is 10.4. The van der Waals surface area contributed by atoms with Gasteiger partial charge in [-0.15, -0.1) is 11.3 Å². The van der Waals surface area contributed by atoms with Gasteiger partial charge < -0.3 is 10.6 Å². The van der Waals surface area contributed by atoms with Crippen molar-refractivity contribution in [2.75, 3.05) is 13.1 Å². The van der Waals surface area contributed by atoms with Gasteiger partial charge in [-0.3, -0.25) is 0 Å². The lowest BCUT2D eigenvalue weighted by Gasteiger charge is -2.09. The summed E-state index contributed by atoms with van der Waals surface area (Å²) in [7, 11) is 0. The zero-order valence-electron chi connectivity index (χ0n) is 10.9. The summed E-state index contributed by atoms with van der Waals surface area (Å²) in [6.07, 6.45) is 2.10. The van der Waals surface area contributed by atoms with Crippen molar-refractivity contribution in [3.8, 4) is 0 Å². The van der Waals surface area contributed by atoms with Crippen LogP contribution < -0.4 is 10.6 Å². The van der Waals surface area contributed by atoms with E-state index >= 15 is 0 Å². The van der Waals surface area contributed by atoms with Crippen molar-refractivity contribution >= 4 is 17.3 Å². The Hall–Kier alpha value is -1.10. The Bertz CT molecular complexity index is 346. The summed E-state index contributed by atoms with van der Waals surface area (Å²) < 4.78 is 0. The van der Waals surface area contributed by atoms with Gasteiger partial charge in [0.15, 0.2) is 5.96 Å². The zero-order valence-corrected chi connectivity index (χ0v) is 11.7. The summed E-state index contributed by atoms with van der Waals surface area (Å²) in [6, 6.07) is 0. The number of thiazole rings is 1. The number of aromatic nitrogens is 1. The zero-order chi connectivity index (χ0) is 12.5. The van der Waals surface area contributed by atoms with E-state index in [1.165, 1.54) is 5.01 Å². The van der Waals surface area contributed by atoms with Crippen molar-refractivity contribution in [2.24, 2.45) is 4.99 Å². The van der Waals surface area contributed by atoms with Crippen LogP contribution in [0.3, 0.4) is 0 Å². The number of nitrogens with one attached hydrogen (secondary N) is 2. The Kier molecular flexibility index (Phi) is 6.62. The van der Waals surface area contributed by atoms with Crippen molar-refractivity contribution < 1.29 is 0 Å². The quantitative estimate of drug-likeness (QED) is 0.604. The van der Waals surface area contributed by atoms with Gasteiger partial charge in [0.2, 0.25) is 0 Å². The Morgan fingerprint density at radius 3 is 2.76 bits per heavy atom. The van der Waals surface area contributed by atoms with E-state index in [1.807, 2.05) is 0 Å². The van der Waals surface area contributed by atoms with Crippen LogP contribution in [-0.2, 0) is 13.0 Å². The molecule has 0 amide bonds. The standard InChI is InChI=1S/C12H22N4S/c1-4-7-14-12(13-6-3)15-8-10-9-17-11(5-2)16-10/h9H,4-8H2,1-3H3,(H2,13,14,15). The van der Waals surface area contributed by atoms with Gasteiger partial charge in [-0.1, -0.05) is 13.8 Å². The molecule has 0 fully saturated rings. The van der Waals surface area contributed by atoms with Gasteiger partial charge in [-0.2, -0.15) is 0 Å². The summed E-state index contributed by atoms with van der Waals surface area (Å²) in [5, 5.41) is 9.77. The first-order valence-electron chi connectivity index (χ1n) is 6.25. The number of nitrogens with zero attached hydrogens (tertiary/aromatic N) is 2. The van der Waals surface area contributed by atoms with Crippen LogP contribution in [0, 0.1) is 0 Å². The van der Waals surface area contributed by atoms with E-state index in [9.17, 15) is 0 Å². The van der Waals surface area contributed by atoms with Crippen LogP contribution in [0.25, 0.3) is 0 Å². The van der Waals surface area contributed by atoms with Crippen molar-refractivity contribution in [2.45, 2.75) is 40.2 Å². The normalized spacial score (nSPS) is 11.6. The van der Waals surface area contributed by atoms with E-state index in [0.717, 1.165) is 37.6 Å². The van der Waals surface area contributed by atoms with E-state index in [4.69, 9.17) is 0 Å². The minimum Gasteiger partial charge on any atom is -0.357 e. The Labute approximate surface area is 108 Å². The molecule has 0 unspecified atom stereocenters. The lowest BCUT2D eigenvalue weighted by molar-refractivity contribution is 0.783. The Balaban J connectivity index is 2.51. The molecular formula is C12H22N4S. The lowest BCUT2D eigenvalue weighted by Crippen LogP contribution is -2.37. The third-order valence-electron chi connectivity index (χ3n) is 2.19. The molecule has 1 heterocycles. The fourth-order valence-electron chi connectivity index (χ4n) is 1.33. The predicted molar refractivity (Wildman–Crippen MR) is 74.6 cm³/mol. The van der Waals surface area contributed by atoms with Gasteiger partial charge in [0.1, 0.15) is 0 Å². The Morgan fingerprint density at radius 1 is 1.35 bits per heavy atom. The van der Waals surface area contributed by atoms with Crippen LogP contribution in [0.5, 0.6) is 0 Å². The highest BCUT2D eigenvalue weighted by Crippen LogP contribution is 2.10. The van der Waals surface area contributed by atoms with Gasteiger partial charge in [-0.05, 0) is 19.8 Å². The number of hydrogen-bond acceptors (Lipinski definition) is 3. The van der Waals surface area contributed by atoms with Gasteiger partial charge in [-0.25, -0.2) is 9.98 Å². The van der Waals surface area contributed by atoms with Crippen LogP contribution in [0.4, 0.5) is 0 Å². The molecule has 2 N–H and O–H groups in total. The molecule has 0 spiro atoms. The van der Waals surface area contributed by atoms with E-state index in [0.29, 0.717) is 6.54 Å². The van der Waals surface area contributed by atoms with Gasteiger partial charge in [0.25, 0.3) is 0 Å². The smallest absolute Gasteiger partial charge is 0.191 e. The fourth-order valence-corrected chi connectivity index (χ4v) is 2.07. The van der Waals surface area contributed by atoms with Crippen molar-refractivity contribution in [1.82, 2.24) is 15.6 Å². The third-order valence-corrected chi connectivity index (χ3v) is 3.23. The summed E-state index contributed by atoms with van der Waals surface area (Å²) >= 11 is 1.71. The minimum absolute atomic E-state index is 0.648. The van der Waals surface area contributed by atoms with Crippen molar-refractivity contribution in [1.29, 1.82) is 0 Å². The maximum absolute atomic E-state index is 4.51. The molecule has 0 aliphatic heterocycles. The first-order chi connectivity index (χ1) is 8.30. The van der Waals surface area contributed by atoms with E-state index in [2.05, 4.69) is 46.8 Å². The average molecular weight is 254 g/mol. The predicted octanol–water partition coefficient (Wildman–Crippen LogP) is 2.17. The molecule has 1 rings (SSSR count). The summed E-state index contributed by atoms with van der Waals surface area (Å²) in [5.41, 5.74) is 1.06. The summed E-state index contributed by atoms with van der Waals surface area (Å²) in [6.45, 7) is 8.82. The Morgan fingerprint density at radius 2 is 2.18 bits per heavy atom. The van der Waals surface area contributed by atoms with Crippen molar-refractivity contribution in [3.05, 3.63) is 16.1 Å². The molecule has 0 aromatic carbocycles. The van der Waals surface area contributed by atoms with Gasteiger partial charge in [0, 0.05) is 18.5 Å². The second-order valence-electron chi connectivity index (χ2n) is 3.71. The molecule has 0 radical (unpaired) electrons. The van der Waals surface area contributed by atoms with E-state index < -0.39 is 0 Å². The molecule has 96 valence electrons. The second-order valence-corrected chi connectivity index (χ2v) is 4.65. The van der Waals surface area contributed by atoms with Crippen LogP contribution in [0.15, 0.2) is 10.4 Å². The molecule has 0 saturated heterocycles. The molecule has 5 heteroatoms. The van der Waals surface area contributed by atoms with Gasteiger partial charge in [0.05, 0.1) is 17.2 Å². The number of aliphatic imine (C=N–C) groups is 1. The monoisotopic (exact) mass is 254 g/mol. The highest BCUT2D eigenvalue weighted by atomic mass is 32.1. The third kappa shape index (κ3) is 5.17. The fraction of sp³-hybridized carbons (Fsp3) is 0.667. The highest BCUT2D eigenvalue weighted by Gasteiger charge is 2.00. The maximum Gasteiger partial charge on any atom is 0.191 e. The first kappa shape index (κ1) is 14.0. The highest BCUT2D eigenvalue weighted by molar-refractivity contribution is 7.09. The number of hydrogen-bond donors (Lipinski definition) is 2. The SMILES string of the molecule is CCCNC(=NCc1csc(CC)n1)NCC. The summed E-state index contributed by atoms with van der Waals surface area (Å²) in [5.74, 6) is 0.875.